The van der Waals surface area contributed by atoms with Crippen molar-refractivity contribution in [1.29, 1.82) is 0 Å². The molecule has 20 heavy (non-hydrogen) atoms. The molecule has 1 fully saturated rings. The minimum Gasteiger partial charge on any atom is -0.355 e. The van der Waals surface area contributed by atoms with Crippen molar-refractivity contribution in [3.63, 3.8) is 0 Å². The Morgan fingerprint density at radius 1 is 1.25 bits per heavy atom. The Morgan fingerprint density at radius 3 is 2.65 bits per heavy atom. The van der Waals surface area contributed by atoms with E-state index in [0.29, 0.717) is 11.5 Å². The zero-order valence-corrected chi connectivity index (χ0v) is 11.0. The summed E-state index contributed by atoms with van der Waals surface area (Å²) in [5.74, 6) is 0.711. The molecule has 104 valence electrons. The Kier molecular flexibility index (Phi) is 3.28. The van der Waals surface area contributed by atoms with E-state index < -0.39 is 0 Å². The second-order valence-corrected chi connectivity index (χ2v) is 4.62. The van der Waals surface area contributed by atoms with Crippen LogP contribution in [0.4, 0.5) is 11.6 Å². The lowest BCUT2D eigenvalue weighted by Gasteiger charge is -2.15. The van der Waals surface area contributed by atoms with Crippen molar-refractivity contribution >= 4 is 17.5 Å². The summed E-state index contributed by atoms with van der Waals surface area (Å²) in [6.07, 6.45) is 2.34. The van der Waals surface area contributed by atoms with Gasteiger partial charge in [-0.25, -0.2) is 4.63 Å². The van der Waals surface area contributed by atoms with Gasteiger partial charge in [0.2, 0.25) is 5.82 Å². The third-order valence-electron chi connectivity index (χ3n) is 3.20. The van der Waals surface area contributed by atoms with Crippen molar-refractivity contribution in [2.45, 2.75) is 19.8 Å². The van der Waals surface area contributed by atoms with Crippen molar-refractivity contribution in [2.24, 2.45) is 0 Å². The average Bonchev–Trinajstić information content (AvgIpc) is 3.12. The monoisotopic (exact) mass is 274 g/mol. The maximum absolute atomic E-state index is 12.0. The van der Waals surface area contributed by atoms with Gasteiger partial charge in [0.05, 0.1) is 0 Å². The maximum atomic E-state index is 12.0. The highest BCUT2D eigenvalue weighted by molar-refractivity contribution is 6.02. The van der Waals surface area contributed by atoms with Crippen LogP contribution < -0.4 is 10.2 Å². The second-order valence-electron chi connectivity index (χ2n) is 4.62. The summed E-state index contributed by atoms with van der Waals surface area (Å²) in [4.78, 5) is 14.1. The van der Waals surface area contributed by atoms with E-state index in [1.165, 1.54) is 12.8 Å². The van der Waals surface area contributed by atoms with Crippen LogP contribution in [0.1, 0.15) is 29.0 Å². The molecule has 0 saturated carbocycles. The van der Waals surface area contributed by atoms with Crippen molar-refractivity contribution in [2.75, 3.05) is 23.3 Å². The van der Waals surface area contributed by atoms with Crippen molar-refractivity contribution < 1.29 is 9.42 Å². The minimum atomic E-state index is -0.385. The first-order valence-corrected chi connectivity index (χ1v) is 6.43. The van der Waals surface area contributed by atoms with Crippen molar-refractivity contribution in [3.05, 3.63) is 23.5 Å². The lowest BCUT2D eigenvalue weighted by Crippen LogP contribution is -2.21. The Labute approximate surface area is 115 Å². The fourth-order valence-electron chi connectivity index (χ4n) is 2.08. The highest BCUT2D eigenvalue weighted by Crippen LogP contribution is 2.17. The van der Waals surface area contributed by atoms with Crippen LogP contribution in [-0.4, -0.2) is 39.5 Å². The molecule has 0 atom stereocenters. The summed E-state index contributed by atoms with van der Waals surface area (Å²) in [5, 5.41) is 17.8. The van der Waals surface area contributed by atoms with Crippen LogP contribution in [0.2, 0.25) is 0 Å². The predicted molar refractivity (Wildman–Crippen MR) is 70.5 cm³/mol. The minimum absolute atomic E-state index is 0.232. The van der Waals surface area contributed by atoms with E-state index >= 15 is 0 Å². The van der Waals surface area contributed by atoms with Gasteiger partial charge in [-0.1, -0.05) is 5.16 Å². The van der Waals surface area contributed by atoms with Crippen LogP contribution in [0, 0.1) is 6.92 Å². The summed E-state index contributed by atoms with van der Waals surface area (Å²) < 4.78 is 4.51. The average molecular weight is 274 g/mol. The van der Waals surface area contributed by atoms with Gasteiger partial charge in [0.25, 0.3) is 5.91 Å². The van der Waals surface area contributed by atoms with Gasteiger partial charge < -0.3 is 10.2 Å². The first-order chi connectivity index (χ1) is 9.74. The fourth-order valence-corrected chi connectivity index (χ4v) is 2.08. The van der Waals surface area contributed by atoms with Crippen molar-refractivity contribution in [1.82, 2.24) is 20.5 Å². The lowest BCUT2D eigenvalue weighted by atomic mass is 10.3. The van der Waals surface area contributed by atoms with E-state index in [2.05, 4.69) is 35.4 Å². The predicted octanol–water partition coefficient (Wildman–Crippen LogP) is 1.02. The number of aryl methyl sites for hydroxylation is 1. The smallest absolute Gasteiger partial charge is 0.277 e. The Balaban J connectivity index is 1.70. The summed E-state index contributed by atoms with van der Waals surface area (Å²) in [6, 6.07) is 3.46. The van der Waals surface area contributed by atoms with Gasteiger partial charge in [-0.15, -0.1) is 10.2 Å². The van der Waals surface area contributed by atoms with Crippen LogP contribution in [0.25, 0.3) is 0 Å². The van der Waals surface area contributed by atoms with Crippen LogP contribution in [0.5, 0.6) is 0 Å². The van der Waals surface area contributed by atoms with Gasteiger partial charge in [0.15, 0.2) is 11.5 Å². The molecule has 1 aliphatic heterocycles. The summed E-state index contributed by atoms with van der Waals surface area (Å²) in [5.41, 5.74) is 0.746. The molecular weight excluding hydrogens is 260 g/mol. The molecule has 0 aromatic carbocycles. The Bertz CT molecular complexity index is 603. The molecule has 2 aromatic rings. The Hall–Kier alpha value is -2.51. The number of carbonyl (C=O) groups excluding carboxylic acids is 1. The van der Waals surface area contributed by atoms with Gasteiger partial charge in [0, 0.05) is 13.1 Å². The van der Waals surface area contributed by atoms with E-state index in [1.54, 1.807) is 19.1 Å². The number of carbonyl (C=O) groups is 1. The summed E-state index contributed by atoms with van der Waals surface area (Å²) >= 11 is 0. The third kappa shape index (κ3) is 2.44. The molecule has 1 N–H and O–H groups in total. The number of aromatic nitrogens is 4. The van der Waals surface area contributed by atoms with Crippen LogP contribution >= 0.6 is 0 Å². The molecule has 0 spiro atoms. The number of anilines is 2. The molecule has 3 heterocycles. The zero-order chi connectivity index (χ0) is 13.9. The molecular formula is C12H14N6O2. The topological polar surface area (TPSA) is 97.0 Å². The highest BCUT2D eigenvalue weighted by Gasteiger charge is 2.16. The number of rotatable bonds is 3. The molecule has 2 aromatic heterocycles. The molecule has 0 aliphatic carbocycles. The summed E-state index contributed by atoms with van der Waals surface area (Å²) in [6.45, 7) is 3.67. The number of hydrogen-bond acceptors (Lipinski definition) is 7. The zero-order valence-electron chi connectivity index (χ0n) is 11.0. The molecule has 1 saturated heterocycles. The molecule has 0 unspecified atom stereocenters. The number of hydrogen-bond donors (Lipinski definition) is 1. The Morgan fingerprint density at radius 2 is 2.05 bits per heavy atom. The van der Waals surface area contributed by atoms with E-state index in [-0.39, 0.29) is 11.6 Å². The number of nitrogens with one attached hydrogen (secondary N) is 1. The molecule has 1 aliphatic rings. The van der Waals surface area contributed by atoms with Gasteiger partial charge in [0.1, 0.15) is 5.69 Å². The normalized spacial score (nSPS) is 14.6. The standard InChI is InChI=1S/C12H14N6O2/c1-8-11(17-20-16-8)13-12(19)9-4-5-10(15-14-9)18-6-2-3-7-18/h4-5H,2-3,6-7H2,1H3,(H,13,17,19). The van der Waals surface area contributed by atoms with Gasteiger partial charge in [-0.3, -0.25) is 4.79 Å². The van der Waals surface area contributed by atoms with E-state index in [4.69, 9.17) is 0 Å². The lowest BCUT2D eigenvalue weighted by molar-refractivity contribution is 0.102. The molecule has 8 nitrogen and oxygen atoms in total. The van der Waals surface area contributed by atoms with Crippen molar-refractivity contribution in [3.8, 4) is 0 Å². The van der Waals surface area contributed by atoms with Gasteiger partial charge >= 0.3 is 0 Å². The van der Waals surface area contributed by atoms with Gasteiger partial charge in [-0.05, 0) is 37.1 Å². The molecule has 0 bridgehead atoms. The van der Waals surface area contributed by atoms with E-state index in [1.807, 2.05) is 0 Å². The largest absolute Gasteiger partial charge is 0.355 e. The van der Waals surface area contributed by atoms with E-state index in [0.717, 1.165) is 18.9 Å². The second kappa shape index (κ2) is 5.24. The highest BCUT2D eigenvalue weighted by atomic mass is 16.6. The van der Waals surface area contributed by atoms with E-state index in [9.17, 15) is 4.79 Å². The molecule has 1 amide bonds. The third-order valence-corrected chi connectivity index (χ3v) is 3.20. The maximum Gasteiger partial charge on any atom is 0.277 e. The quantitative estimate of drug-likeness (QED) is 0.892. The fraction of sp³-hybridized carbons (Fsp3) is 0.417. The molecule has 0 radical (unpaired) electrons. The van der Waals surface area contributed by atoms with Gasteiger partial charge in [-0.2, -0.15) is 0 Å². The summed E-state index contributed by atoms with van der Waals surface area (Å²) in [7, 11) is 0. The van der Waals surface area contributed by atoms with Crippen LogP contribution in [-0.2, 0) is 0 Å². The molecule has 3 rings (SSSR count). The SMILES string of the molecule is Cc1nonc1NC(=O)c1ccc(N2CCCC2)nn1. The first kappa shape index (κ1) is 12.5. The van der Waals surface area contributed by atoms with Crippen LogP contribution in [0.15, 0.2) is 16.8 Å². The van der Waals surface area contributed by atoms with Crippen LogP contribution in [0.3, 0.4) is 0 Å². The first-order valence-electron chi connectivity index (χ1n) is 6.43. The number of amides is 1. The number of nitrogens with zero attached hydrogens (tertiary/aromatic N) is 5. The molecule has 8 heteroatoms.